The highest BCUT2D eigenvalue weighted by molar-refractivity contribution is 5.78. The third-order valence-electron chi connectivity index (χ3n) is 3.77. The molecular weight excluding hydrogens is 334 g/mol. The van der Waals surface area contributed by atoms with Crippen LogP contribution in [0.15, 0.2) is 42.5 Å². The fourth-order valence-electron chi connectivity index (χ4n) is 2.45. The van der Waals surface area contributed by atoms with Gasteiger partial charge in [-0.25, -0.2) is 0 Å². The minimum Gasteiger partial charge on any atom is -0.493 e. The molecule has 0 aliphatic rings. The molecule has 0 saturated carbocycles. The standard InChI is InChI=1S/C20H25NO5/c1-14-5-4-6-17(11-14)26-13-20(23)21-15(2)16-7-8-18(25-10-9-22)19(12-16)24-3/h4-8,11-12,15,22H,9-10,13H2,1-3H3,(H,21,23)/t15-/m1/s1. The predicted molar refractivity (Wildman–Crippen MR) is 98.8 cm³/mol. The number of amides is 1. The minimum atomic E-state index is -0.218. The fourth-order valence-corrected chi connectivity index (χ4v) is 2.45. The zero-order valence-electron chi connectivity index (χ0n) is 15.3. The minimum absolute atomic E-state index is 0.0530. The van der Waals surface area contributed by atoms with E-state index in [0.717, 1.165) is 11.1 Å². The van der Waals surface area contributed by atoms with Gasteiger partial charge in [-0.3, -0.25) is 4.79 Å². The Hall–Kier alpha value is -2.73. The number of nitrogens with one attached hydrogen (secondary N) is 1. The zero-order chi connectivity index (χ0) is 18.9. The van der Waals surface area contributed by atoms with Crippen molar-refractivity contribution in [3.05, 3.63) is 53.6 Å². The molecule has 1 atom stereocenters. The Morgan fingerprint density at radius 1 is 1.15 bits per heavy atom. The normalized spacial score (nSPS) is 11.5. The van der Waals surface area contributed by atoms with E-state index in [1.807, 2.05) is 44.2 Å². The molecule has 26 heavy (non-hydrogen) atoms. The number of hydrogen-bond donors (Lipinski definition) is 2. The number of carbonyl (C=O) groups excluding carboxylic acids is 1. The third kappa shape index (κ3) is 5.67. The van der Waals surface area contributed by atoms with Gasteiger partial charge in [-0.15, -0.1) is 0 Å². The molecule has 0 radical (unpaired) electrons. The summed E-state index contributed by atoms with van der Waals surface area (Å²) in [5, 5.41) is 11.8. The maximum atomic E-state index is 12.1. The van der Waals surface area contributed by atoms with E-state index in [1.54, 1.807) is 19.2 Å². The average molecular weight is 359 g/mol. The highest BCUT2D eigenvalue weighted by Crippen LogP contribution is 2.30. The topological polar surface area (TPSA) is 77.0 Å². The van der Waals surface area contributed by atoms with Gasteiger partial charge in [-0.05, 0) is 49.2 Å². The van der Waals surface area contributed by atoms with E-state index in [2.05, 4.69) is 5.32 Å². The van der Waals surface area contributed by atoms with E-state index >= 15 is 0 Å². The second kappa shape index (κ2) is 9.68. The molecule has 1 amide bonds. The van der Waals surface area contributed by atoms with Gasteiger partial charge in [0.25, 0.3) is 5.91 Å². The molecule has 0 aromatic heterocycles. The molecule has 2 aromatic carbocycles. The summed E-state index contributed by atoms with van der Waals surface area (Å²) >= 11 is 0. The summed E-state index contributed by atoms with van der Waals surface area (Å²) in [7, 11) is 1.55. The van der Waals surface area contributed by atoms with Gasteiger partial charge in [0.05, 0.1) is 19.8 Å². The number of benzene rings is 2. The van der Waals surface area contributed by atoms with Crippen LogP contribution in [0.5, 0.6) is 17.2 Å². The van der Waals surface area contributed by atoms with Crippen LogP contribution >= 0.6 is 0 Å². The van der Waals surface area contributed by atoms with Crippen molar-refractivity contribution in [2.24, 2.45) is 0 Å². The van der Waals surface area contributed by atoms with E-state index in [-0.39, 0.29) is 31.8 Å². The van der Waals surface area contributed by atoms with Gasteiger partial charge in [-0.2, -0.15) is 0 Å². The second-order valence-electron chi connectivity index (χ2n) is 5.88. The van der Waals surface area contributed by atoms with Gasteiger partial charge < -0.3 is 24.6 Å². The first-order valence-electron chi connectivity index (χ1n) is 8.44. The summed E-state index contributed by atoms with van der Waals surface area (Å²) in [5.74, 6) is 1.55. The predicted octanol–water partition coefficient (Wildman–Crippen LogP) is 2.63. The first kappa shape index (κ1) is 19.6. The van der Waals surface area contributed by atoms with Crippen LogP contribution in [-0.4, -0.2) is 37.9 Å². The largest absolute Gasteiger partial charge is 0.493 e. The van der Waals surface area contributed by atoms with Crippen molar-refractivity contribution in [1.29, 1.82) is 0 Å². The number of aliphatic hydroxyl groups excluding tert-OH is 1. The van der Waals surface area contributed by atoms with Crippen molar-refractivity contribution < 1.29 is 24.1 Å². The Bertz CT molecular complexity index is 732. The highest BCUT2D eigenvalue weighted by atomic mass is 16.5. The van der Waals surface area contributed by atoms with Crippen LogP contribution in [0.2, 0.25) is 0 Å². The quantitative estimate of drug-likeness (QED) is 0.720. The molecule has 0 aliphatic heterocycles. The molecule has 0 heterocycles. The van der Waals surface area contributed by atoms with E-state index < -0.39 is 0 Å². The monoisotopic (exact) mass is 359 g/mol. The van der Waals surface area contributed by atoms with Gasteiger partial charge in [-0.1, -0.05) is 18.2 Å². The fraction of sp³-hybridized carbons (Fsp3) is 0.350. The molecule has 2 aromatic rings. The van der Waals surface area contributed by atoms with Crippen LogP contribution < -0.4 is 19.5 Å². The molecule has 0 spiro atoms. The summed E-state index contributed by atoms with van der Waals surface area (Å²) in [6.45, 7) is 3.92. The van der Waals surface area contributed by atoms with Gasteiger partial charge in [0, 0.05) is 0 Å². The smallest absolute Gasteiger partial charge is 0.258 e. The summed E-state index contributed by atoms with van der Waals surface area (Å²) in [4.78, 5) is 12.1. The number of ether oxygens (including phenoxy) is 3. The lowest BCUT2D eigenvalue weighted by Gasteiger charge is -2.17. The van der Waals surface area contributed by atoms with Crippen molar-refractivity contribution in [2.75, 3.05) is 26.9 Å². The molecule has 0 bridgehead atoms. The Balaban J connectivity index is 1.93. The van der Waals surface area contributed by atoms with Crippen molar-refractivity contribution in [3.8, 4) is 17.2 Å². The lowest BCUT2D eigenvalue weighted by Crippen LogP contribution is -2.31. The van der Waals surface area contributed by atoms with Gasteiger partial charge >= 0.3 is 0 Å². The van der Waals surface area contributed by atoms with E-state index in [1.165, 1.54) is 0 Å². The van der Waals surface area contributed by atoms with Gasteiger partial charge in [0.2, 0.25) is 0 Å². The highest BCUT2D eigenvalue weighted by Gasteiger charge is 2.13. The maximum Gasteiger partial charge on any atom is 0.258 e. The van der Waals surface area contributed by atoms with Crippen LogP contribution in [0.3, 0.4) is 0 Å². The number of aliphatic hydroxyl groups is 1. The van der Waals surface area contributed by atoms with Crippen LogP contribution in [0.25, 0.3) is 0 Å². The number of methoxy groups -OCH3 is 1. The Morgan fingerprint density at radius 2 is 1.96 bits per heavy atom. The van der Waals surface area contributed by atoms with Gasteiger partial charge in [0.15, 0.2) is 18.1 Å². The maximum absolute atomic E-state index is 12.1. The van der Waals surface area contributed by atoms with Crippen molar-refractivity contribution >= 4 is 5.91 Å². The van der Waals surface area contributed by atoms with Crippen LogP contribution in [0, 0.1) is 6.92 Å². The van der Waals surface area contributed by atoms with Gasteiger partial charge in [0.1, 0.15) is 12.4 Å². The number of hydrogen-bond acceptors (Lipinski definition) is 5. The number of carbonyl (C=O) groups is 1. The van der Waals surface area contributed by atoms with E-state index in [0.29, 0.717) is 17.2 Å². The second-order valence-corrected chi connectivity index (χ2v) is 5.88. The molecule has 0 fully saturated rings. The SMILES string of the molecule is COc1cc([C@@H](C)NC(=O)COc2cccc(C)c2)ccc1OCCO. The average Bonchev–Trinajstić information content (AvgIpc) is 2.64. The molecule has 2 rings (SSSR count). The van der Waals surface area contributed by atoms with Crippen molar-refractivity contribution in [3.63, 3.8) is 0 Å². The first-order chi connectivity index (χ1) is 12.5. The molecule has 2 N–H and O–H groups in total. The van der Waals surface area contributed by atoms with Crippen LogP contribution in [-0.2, 0) is 4.79 Å². The molecular formula is C20H25NO5. The van der Waals surface area contributed by atoms with Crippen molar-refractivity contribution in [2.45, 2.75) is 19.9 Å². The Morgan fingerprint density at radius 3 is 2.65 bits per heavy atom. The first-order valence-corrected chi connectivity index (χ1v) is 8.44. The third-order valence-corrected chi connectivity index (χ3v) is 3.77. The molecule has 6 heteroatoms. The molecule has 0 aliphatic carbocycles. The number of rotatable bonds is 9. The van der Waals surface area contributed by atoms with Crippen LogP contribution in [0.4, 0.5) is 0 Å². The molecule has 0 saturated heterocycles. The van der Waals surface area contributed by atoms with E-state index in [9.17, 15) is 4.79 Å². The summed E-state index contributed by atoms with van der Waals surface area (Å²) in [6.07, 6.45) is 0. The van der Waals surface area contributed by atoms with E-state index in [4.69, 9.17) is 19.3 Å². The molecule has 0 unspecified atom stereocenters. The zero-order valence-corrected chi connectivity index (χ0v) is 15.3. The summed E-state index contributed by atoms with van der Waals surface area (Å²) in [5.41, 5.74) is 1.95. The van der Waals surface area contributed by atoms with Crippen LogP contribution in [0.1, 0.15) is 24.1 Å². The Labute approximate surface area is 153 Å². The molecule has 140 valence electrons. The lowest BCUT2D eigenvalue weighted by atomic mass is 10.1. The summed E-state index contributed by atoms with van der Waals surface area (Å²) < 4.78 is 16.2. The Kier molecular flexibility index (Phi) is 7.29. The lowest BCUT2D eigenvalue weighted by molar-refractivity contribution is -0.123. The van der Waals surface area contributed by atoms with Crippen molar-refractivity contribution in [1.82, 2.24) is 5.32 Å². The molecule has 6 nitrogen and oxygen atoms in total. The summed E-state index contributed by atoms with van der Waals surface area (Å²) in [6, 6.07) is 12.8. The number of aryl methyl sites for hydroxylation is 1.